The Bertz CT molecular complexity index is 996. The predicted molar refractivity (Wildman–Crippen MR) is 107 cm³/mol. The third-order valence-electron chi connectivity index (χ3n) is 6.14. The quantitative estimate of drug-likeness (QED) is 0.539. The lowest BCUT2D eigenvalue weighted by atomic mass is 9.67. The maximum atomic E-state index is 12.8. The first-order chi connectivity index (χ1) is 14.6. The smallest absolute Gasteiger partial charge is 0.310 e. The number of hydrogen-bond donors (Lipinski definition) is 0. The molecular formula is C22H21ClO7. The summed E-state index contributed by atoms with van der Waals surface area (Å²) in [7, 11) is 4.68. The van der Waals surface area contributed by atoms with Crippen LogP contribution in [-0.2, 0) is 9.53 Å². The average molecular weight is 433 g/mol. The van der Waals surface area contributed by atoms with Gasteiger partial charge in [-0.15, -0.1) is 11.6 Å². The van der Waals surface area contributed by atoms with Gasteiger partial charge in [-0.25, -0.2) is 0 Å². The van der Waals surface area contributed by atoms with E-state index in [4.69, 9.17) is 40.0 Å². The summed E-state index contributed by atoms with van der Waals surface area (Å²) >= 11 is 6.83. The van der Waals surface area contributed by atoms with E-state index in [1.54, 1.807) is 21.3 Å². The van der Waals surface area contributed by atoms with Crippen LogP contribution >= 0.6 is 11.6 Å². The zero-order valence-electron chi connectivity index (χ0n) is 16.8. The number of fused-ring (bicyclic) bond motifs is 3. The number of esters is 1. The molecule has 0 N–H and O–H groups in total. The molecule has 30 heavy (non-hydrogen) atoms. The number of carbonyl (C=O) groups is 1. The van der Waals surface area contributed by atoms with Crippen LogP contribution in [-0.4, -0.2) is 40.7 Å². The van der Waals surface area contributed by atoms with Gasteiger partial charge in [0.1, 0.15) is 0 Å². The molecule has 2 aromatic carbocycles. The molecule has 0 amide bonds. The third kappa shape index (κ3) is 2.68. The van der Waals surface area contributed by atoms with Crippen LogP contribution < -0.4 is 23.7 Å². The van der Waals surface area contributed by atoms with Crippen molar-refractivity contribution in [2.24, 2.45) is 11.8 Å². The van der Waals surface area contributed by atoms with E-state index in [0.717, 1.165) is 16.7 Å². The van der Waals surface area contributed by atoms with Crippen molar-refractivity contribution < 1.29 is 33.2 Å². The lowest BCUT2D eigenvalue weighted by Gasteiger charge is -2.36. The maximum Gasteiger partial charge on any atom is 0.310 e. The number of ether oxygens (including phenoxy) is 6. The Morgan fingerprint density at radius 2 is 1.53 bits per heavy atom. The molecule has 0 aromatic heterocycles. The van der Waals surface area contributed by atoms with E-state index in [2.05, 4.69) is 0 Å². The van der Waals surface area contributed by atoms with Crippen molar-refractivity contribution in [3.63, 3.8) is 0 Å². The molecule has 1 saturated heterocycles. The molecule has 7 nitrogen and oxygen atoms in total. The summed E-state index contributed by atoms with van der Waals surface area (Å²) in [6, 6.07) is 7.58. The fourth-order valence-corrected chi connectivity index (χ4v) is 5.19. The highest BCUT2D eigenvalue weighted by molar-refractivity contribution is 6.21. The van der Waals surface area contributed by atoms with Crippen molar-refractivity contribution >= 4 is 17.6 Å². The number of cyclic esters (lactones) is 1. The molecule has 8 heteroatoms. The van der Waals surface area contributed by atoms with Gasteiger partial charge in [0.15, 0.2) is 23.0 Å². The Morgan fingerprint density at radius 3 is 2.13 bits per heavy atom. The van der Waals surface area contributed by atoms with E-state index in [-0.39, 0.29) is 36.6 Å². The van der Waals surface area contributed by atoms with Crippen molar-refractivity contribution in [1.82, 2.24) is 0 Å². The highest BCUT2D eigenvalue weighted by Crippen LogP contribution is 2.57. The van der Waals surface area contributed by atoms with Crippen molar-refractivity contribution in [3.8, 4) is 28.7 Å². The minimum atomic E-state index is -0.428. The summed E-state index contributed by atoms with van der Waals surface area (Å²) in [6.45, 7) is 0.446. The maximum absolute atomic E-state index is 12.8. The summed E-state index contributed by atoms with van der Waals surface area (Å²) in [5.41, 5.74) is 2.68. The van der Waals surface area contributed by atoms with Gasteiger partial charge in [0.25, 0.3) is 0 Å². The van der Waals surface area contributed by atoms with Crippen LogP contribution in [0.1, 0.15) is 28.0 Å². The molecule has 2 aliphatic heterocycles. The van der Waals surface area contributed by atoms with Crippen molar-refractivity contribution in [3.05, 3.63) is 41.0 Å². The minimum absolute atomic E-state index is 0.156. The fraction of sp³-hybridized carbons (Fsp3) is 0.409. The molecule has 1 fully saturated rings. The highest BCUT2D eigenvalue weighted by Gasteiger charge is 2.52. The van der Waals surface area contributed by atoms with Gasteiger partial charge < -0.3 is 28.4 Å². The zero-order chi connectivity index (χ0) is 21.0. The van der Waals surface area contributed by atoms with E-state index in [0.29, 0.717) is 28.7 Å². The number of alkyl halides is 1. The SMILES string of the molecule is COc1cc([C@@H]2c3cc4c(cc3[C@H](Cl)[C@@H]3COC(=O)[C@@H]23)OCO4)cc(OC)c1OC. The Kier molecular flexibility index (Phi) is 4.58. The molecule has 3 aliphatic rings. The summed E-state index contributed by atoms with van der Waals surface area (Å²) < 4.78 is 33.1. The van der Waals surface area contributed by atoms with Crippen molar-refractivity contribution in [2.45, 2.75) is 11.3 Å². The number of benzene rings is 2. The van der Waals surface area contributed by atoms with Gasteiger partial charge in [-0.05, 0) is 41.0 Å². The summed E-state index contributed by atoms with van der Waals surface area (Å²) in [4.78, 5) is 12.8. The summed E-state index contributed by atoms with van der Waals surface area (Å²) in [6.07, 6.45) is 0. The molecule has 0 saturated carbocycles. The first-order valence-electron chi connectivity index (χ1n) is 9.61. The van der Waals surface area contributed by atoms with Gasteiger partial charge >= 0.3 is 5.97 Å². The van der Waals surface area contributed by atoms with Crippen LogP contribution in [0.3, 0.4) is 0 Å². The predicted octanol–water partition coefficient (Wildman–Crippen LogP) is 3.66. The largest absolute Gasteiger partial charge is 0.493 e. The van der Waals surface area contributed by atoms with E-state index < -0.39 is 5.92 Å². The van der Waals surface area contributed by atoms with Crippen LogP contribution in [0.2, 0.25) is 0 Å². The van der Waals surface area contributed by atoms with Crippen LogP contribution in [0.25, 0.3) is 0 Å². The van der Waals surface area contributed by atoms with Crippen LogP contribution in [0.5, 0.6) is 28.7 Å². The van der Waals surface area contributed by atoms with Gasteiger partial charge in [-0.2, -0.15) is 0 Å². The number of carbonyl (C=O) groups excluding carboxylic acids is 1. The Hall–Kier alpha value is -2.80. The molecule has 0 radical (unpaired) electrons. The number of rotatable bonds is 4. The normalized spacial score (nSPS) is 25.9. The topological polar surface area (TPSA) is 72.5 Å². The average Bonchev–Trinajstić information content (AvgIpc) is 3.38. The van der Waals surface area contributed by atoms with Gasteiger partial charge in [0.05, 0.1) is 39.2 Å². The Labute approximate surface area is 178 Å². The monoisotopic (exact) mass is 432 g/mol. The van der Waals surface area contributed by atoms with Gasteiger partial charge in [0.2, 0.25) is 12.5 Å². The standard InChI is InChI=1S/C22H21ClO7/c1-25-16-4-10(5-17(26-2)21(16)27-3)18-11-6-14-15(30-9-29-14)7-12(11)20(23)13-8-28-22(24)19(13)18/h4-7,13,18-20H,8-9H2,1-3H3/t13-,18-,19-,20+/m1/s1. The first kappa shape index (κ1) is 19.2. The second-order valence-corrected chi connectivity index (χ2v) is 7.96. The van der Waals surface area contributed by atoms with E-state index in [1.807, 2.05) is 24.3 Å². The Morgan fingerprint density at radius 1 is 0.900 bits per heavy atom. The van der Waals surface area contributed by atoms with Crippen molar-refractivity contribution in [2.75, 3.05) is 34.7 Å². The summed E-state index contributed by atoms with van der Waals surface area (Å²) in [5.74, 6) is 1.68. The van der Waals surface area contributed by atoms with E-state index >= 15 is 0 Å². The molecule has 5 rings (SSSR count). The Balaban J connectivity index is 1.74. The van der Waals surface area contributed by atoms with Gasteiger partial charge in [-0.3, -0.25) is 4.79 Å². The molecule has 4 atom stereocenters. The molecule has 2 heterocycles. The number of hydrogen-bond acceptors (Lipinski definition) is 7. The fourth-order valence-electron chi connectivity index (χ4n) is 4.78. The zero-order valence-corrected chi connectivity index (χ0v) is 17.5. The molecule has 0 spiro atoms. The second kappa shape index (κ2) is 7.16. The highest BCUT2D eigenvalue weighted by atomic mass is 35.5. The molecule has 2 aromatic rings. The van der Waals surface area contributed by atoms with E-state index in [1.165, 1.54) is 0 Å². The van der Waals surface area contributed by atoms with Gasteiger partial charge in [-0.1, -0.05) is 0 Å². The third-order valence-corrected chi connectivity index (χ3v) is 6.70. The lowest BCUT2D eigenvalue weighted by Crippen LogP contribution is -2.33. The molecule has 0 bridgehead atoms. The first-order valence-corrected chi connectivity index (χ1v) is 10.0. The minimum Gasteiger partial charge on any atom is -0.493 e. The van der Waals surface area contributed by atoms with Crippen LogP contribution in [0.15, 0.2) is 24.3 Å². The molecule has 1 aliphatic carbocycles. The lowest BCUT2D eigenvalue weighted by molar-refractivity contribution is -0.141. The second-order valence-electron chi connectivity index (χ2n) is 7.49. The van der Waals surface area contributed by atoms with Gasteiger partial charge in [0, 0.05) is 11.8 Å². The summed E-state index contributed by atoms with van der Waals surface area (Å²) in [5, 5.41) is -0.371. The van der Waals surface area contributed by atoms with Crippen LogP contribution in [0, 0.1) is 11.8 Å². The van der Waals surface area contributed by atoms with E-state index in [9.17, 15) is 4.79 Å². The van der Waals surface area contributed by atoms with Crippen molar-refractivity contribution in [1.29, 1.82) is 0 Å². The number of halogens is 1. The molecule has 158 valence electrons. The molecule has 0 unspecified atom stereocenters. The number of methoxy groups -OCH3 is 3. The molecular weight excluding hydrogens is 412 g/mol. The van der Waals surface area contributed by atoms with Crippen LogP contribution in [0.4, 0.5) is 0 Å².